The highest BCUT2D eigenvalue weighted by molar-refractivity contribution is 7.18. The second-order valence-corrected chi connectivity index (χ2v) is 7.85. The van der Waals surface area contributed by atoms with Gasteiger partial charge in [-0.2, -0.15) is 5.10 Å². The Kier molecular flexibility index (Phi) is 5.12. The number of hydrazone groups is 1. The fourth-order valence-electron chi connectivity index (χ4n) is 3.14. The van der Waals surface area contributed by atoms with Gasteiger partial charge in [0.25, 0.3) is 5.91 Å². The fourth-order valence-corrected chi connectivity index (χ4v) is 4.42. The molecule has 9 heteroatoms. The molecule has 2 aromatic rings. The van der Waals surface area contributed by atoms with Crippen LogP contribution in [0.25, 0.3) is 0 Å². The Morgan fingerprint density at radius 1 is 1.19 bits per heavy atom. The molecule has 1 aromatic heterocycles. The van der Waals surface area contributed by atoms with Crippen molar-refractivity contribution in [3.05, 3.63) is 50.7 Å². The van der Waals surface area contributed by atoms with Crippen LogP contribution in [-0.2, 0) is 4.74 Å². The molecule has 0 bridgehead atoms. The van der Waals surface area contributed by atoms with Gasteiger partial charge in [-0.1, -0.05) is 17.7 Å². The van der Waals surface area contributed by atoms with Crippen LogP contribution >= 0.6 is 22.9 Å². The molecule has 4 rings (SSSR count). The van der Waals surface area contributed by atoms with Crippen LogP contribution in [0.15, 0.2) is 29.4 Å². The van der Waals surface area contributed by atoms with Gasteiger partial charge in [0.2, 0.25) is 0 Å². The molecule has 1 fully saturated rings. The van der Waals surface area contributed by atoms with Gasteiger partial charge in [-0.25, -0.2) is 8.78 Å². The van der Waals surface area contributed by atoms with Gasteiger partial charge in [-0.3, -0.25) is 9.80 Å². The Morgan fingerprint density at radius 3 is 2.59 bits per heavy atom. The van der Waals surface area contributed by atoms with Crippen molar-refractivity contribution >= 4 is 40.2 Å². The number of benzene rings is 1. The minimum absolute atomic E-state index is 0.0907. The monoisotopic (exact) mass is 411 g/mol. The molecule has 3 heterocycles. The molecule has 5 nitrogen and oxygen atoms in total. The van der Waals surface area contributed by atoms with Crippen molar-refractivity contribution in [1.29, 1.82) is 0 Å². The molecular weight excluding hydrogens is 396 g/mol. The first-order chi connectivity index (χ1) is 13.0. The third-order valence-corrected chi connectivity index (χ3v) is 5.85. The lowest BCUT2D eigenvalue weighted by Gasteiger charge is -2.26. The summed E-state index contributed by atoms with van der Waals surface area (Å²) < 4.78 is 33.7. The van der Waals surface area contributed by atoms with Crippen LogP contribution in [0.4, 0.5) is 14.5 Å². The lowest BCUT2D eigenvalue weighted by Crippen LogP contribution is -2.40. The quantitative estimate of drug-likeness (QED) is 0.772. The summed E-state index contributed by atoms with van der Waals surface area (Å²) in [6, 6.07) is 5.42. The highest BCUT2D eigenvalue weighted by atomic mass is 35.5. The maximum Gasteiger partial charge on any atom is 0.264 e. The van der Waals surface area contributed by atoms with E-state index in [0.717, 1.165) is 0 Å². The third kappa shape index (κ3) is 3.56. The summed E-state index contributed by atoms with van der Waals surface area (Å²) in [5.41, 5.74) is 1.07. The van der Waals surface area contributed by atoms with Gasteiger partial charge in [0, 0.05) is 31.6 Å². The molecule has 1 amide bonds. The fraction of sp³-hybridized carbons (Fsp3) is 0.333. The summed E-state index contributed by atoms with van der Waals surface area (Å²) in [5, 5.41) is 5.65. The summed E-state index contributed by atoms with van der Waals surface area (Å²) in [5.74, 6) is -1.42. The standard InChI is InChI=1S/C18H16ClF2N3O2S/c19-17-11(10-15(27-17)18(25)23-6-8-26-9-7-23)14-4-5-24(22-14)16-12(20)2-1-3-13(16)21/h1-3,10H,4-9H2. The summed E-state index contributed by atoms with van der Waals surface area (Å²) >= 11 is 7.53. The SMILES string of the molecule is O=C(c1cc(C2=NN(c3c(F)cccc3F)CC2)c(Cl)s1)N1CCOCC1. The first-order valence-electron chi connectivity index (χ1n) is 8.50. The molecule has 142 valence electrons. The number of hydrogen-bond donors (Lipinski definition) is 0. The molecule has 0 spiro atoms. The van der Waals surface area contributed by atoms with Crippen molar-refractivity contribution < 1.29 is 18.3 Å². The molecule has 2 aliphatic heterocycles. The van der Waals surface area contributed by atoms with Crippen molar-refractivity contribution in [1.82, 2.24) is 4.90 Å². The maximum absolute atomic E-state index is 14.0. The zero-order valence-electron chi connectivity index (χ0n) is 14.3. The Hall–Kier alpha value is -2.03. The number of hydrogen-bond acceptors (Lipinski definition) is 5. The number of anilines is 1. The largest absolute Gasteiger partial charge is 0.378 e. The molecule has 0 N–H and O–H groups in total. The summed E-state index contributed by atoms with van der Waals surface area (Å²) in [6.45, 7) is 2.48. The number of ether oxygens (including phenoxy) is 1. The van der Waals surface area contributed by atoms with Crippen LogP contribution in [0.2, 0.25) is 4.34 Å². The van der Waals surface area contributed by atoms with Gasteiger partial charge >= 0.3 is 0 Å². The minimum atomic E-state index is -0.667. The lowest BCUT2D eigenvalue weighted by molar-refractivity contribution is 0.0306. The molecule has 0 aliphatic carbocycles. The number of amides is 1. The highest BCUT2D eigenvalue weighted by Crippen LogP contribution is 2.33. The van der Waals surface area contributed by atoms with Crippen LogP contribution < -0.4 is 5.01 Å². The van der Waals surface area contributed by atoms with Crippen molar-refractivity contribution in [2.75, 3.05) is 37.9 Å². The summed E-state index contributed by atoms with van der Waals surface area (Å²) in [4.78, 5) is 14.9. The van der Waals surface area contributed by atoms with Crippen molar-refractivity contribution in [2.24, 2.45) is 5.10 Å². The van der Waals surface area contributed by atoms with E-state index in [1.807, 2.05) is 0 Å². The highest BCUT2D eigenvalue weighted by Gasteiger charge is 2.27. The second kappa shape index (κ2) is 7.53. The summed E-state index contributed by atoms with van der Waals surface area (Å²) in [6.07, 6.45) is 0.482. The zero-order valence-corrected chi connectivity index (χ0v) is 15.8. The predicted octanol–water partition coefficient (Wildman–Crippen LogP) is 3.77. The van der Waals surface area contributed by atoms with E-state index in [0.29, 0.717) is 59.8 Å². The average molecular weight is 412 g/mol. The lowest BCUT2D eigenvalue weighted by atomic mass is 10.1. The molecule has 1 aromatic carbocycles. The molecule has 0 unspecified atom stereocenters. The van der Waals surface area contributed by atoms with Gasteiger partial charge in [-0.05, 0) is 18.2 Å². The van der Waals surface area contributed by atoms with E-state index in [9.17, 15) is 13.6 Å². The van der Waals surface area contributed by atoms with Crippen molar-refractivity contribution in [3.63, 3.8) is 0 Å². The van der Waals surface area contributed by atoms with Crippen LogP contribution in [0.3, 0.4) is 0 Å². The molecule has 27 heavy (non-hydrogen) atoms. The van der Waals surface area contributed by atoms with Gasteiger partial charge in [-0.15, -0.1) is 11.3 Å². The van der Waals surface area contributed by atoms with E-state index >= 15 is 0 Å². The van der Waals surface area contributed by atoms with Gasteiger partial charge in [0.05, 0.1) is 23.8 Å². The minimum Gasteiger partial charge on any atom is -0.378 e. The van der Waals surface area contributed by atoms with Gasteiger partial charge in [0.1, 0.15) is 10.0 Å². The van der Waals surface area contributed by atoms with Crippen molar-refractivity contribution in [2.45, 2.75) is 6.42 Å². The number of thiophene rings is 1. The number of halogens is 3. The van der Waals surface area contributed by atoms with E-state index in [4.69, 9.17) is 16.3 Å². The number of carbonyl (C=O) groups is 1. The first-order valence-corrected chi connectivity index (χ1v) is 9.70. The topological polar surface area (TPSA) is 45.1 Å². The number of rotatable bonds is 3. The van der Waals surface area contributed by atoms with Crippen molar-refractivity contribution in [3.8, 4) is 0 Å². The Bertz CT molecular complexity index is 892. The number of nitrogens with zero attached hydrogens (tertiary/aromatic N) is 3. The molecular formula is C18H16ClF2N3O2S. The predicted molar refractivity (Wildman–Crippen MR) is 101 cm³/mol. The molecule has 0 radical (unpaired) electrons. The second-order valence-electron chi connectivity index (χ2n) is 6.19. The molecule has 2 aliphatic rings. The van der Waals surface area contributed by atoms with E-state index in [-0.39, 0.29) is 11.6 Å². The zero-order chi connectivity index (χ0) is 19.0. The van der Waals surface area contributed by atoms with Crippen LogP contribution in [0.1, 0.15) is 21.7 Å². The first kappa shape index (κ1) is 18.3. The Labute approximate surface area is 163 Å². The Morgan fingerprint density at radius 2 is 1.89 bits per heavy atom. The summed E-state index contributed by atoms with van der Waals surface area (Å²) in [7, 11) is 0. The Balaban J connectivity index is 1.59. The van der Waals surface area contributed by atoms with Crippen LogP contribution in [-0.4, -0.2) is 49.4 Å². The normalized spacial score (nSPS) is 17.4. The van der Waals surface area contributed by atoms with Crippen LogP contribution in [0, 0.1) is 11.6 Å². The van der Waals surface area contributed by atoms with E-state index < -0.39 is 11.6 Å². The number of para-hydroxylation sites is 1. The van der Waals surface area contributed by atoms with Gasteiger partial charge < -0.3 is 9.64 Å². The molecule has 0 saturated carbocycles. The molecule has 0 atom stereocenters. The van der Waals surface area contributed by atoms with E-state index in [1.54, 1.807) is 11.0 Å². The maximum atomic E-state index is 14.0. The average Bonchev–Trinajstić information content (AvgIpc) is 3.28. The number of morpholine rings is 1. The third-order valence-electron chi connectivity index (χ3n) is 4.50. The van der Waals surface area contributed by atoms with E-state index in [1.165, 1.54) is 34.5 Å². The van der Waals surface area contributed by atoms with E-state index in [2.05, 4.69) is 5.10 Å². The molecule has 1 saturated heterocycles. The van der Waals surface area contributed by atoms with Crippen LogP contribution in [0.5, 0.6) is 0 Å². The van der Waals surface area contributed by atoms with Gasteiger partial charge in [0.15, 0.2) is 11.6 Å². The smallest absolute Gasteiger partial charge is 0.264 e. The number of carbonyl (C=O) groups excluding carboxylic acids is 1.